The molecule has 0 atom stereocenters. The Kier molecular flexibility index (Phi) is 2.75. The van der Waals surface area contributed by atoms with Crippen LogP contribution in [0.5, 0.6) is 0 Å². The number of imidazole rings is 1. The largest absolute Gasteiger partial charge is 0.462 e. The zero-order valence-corrected chi connectivity index (χ0v) is 11.9. The van der Waals surface area contributed by atoms with Crippen LogP contribution >= 0.6 is 0 Å². The molecule has 0 aliphatic carbocycles. The molecule has 1 aromatic carbocycles. The Bertz CT molecular complexity index is 1020. The number of rotatable bonds is 2. The minimum Gasteiger partial charge on any atom is -0.462 e. The van der Waals surface area contributed by atoms with Gasteiger partial charge in [-0.2, -0.15) is 0 Å². The van der Waals surface area contributed by atoms with Gasteiger partial charge in [0, 0.05) is 6.20 Å². The van der Waals surface area contributed by atoms with Crippen LogP contribution in [0.15, 0.2) is 42.6 Å². The molecule has 6 nitrogen and oxygen atoms in total. The third-order valence-electron chi connectivity index (χ3n) is 3.44. The zero-order valence-electron chi connectivity index (χ0n) is 11.9. The molecule has 3 heterocycles. The fourth-order valence-electron chi connectivity index (χ4n) is 2.47. The van der Waals surface area contributed by atoms with Crippen LogP contribution in [0.25, 0.3) is 28.0 Å². The molecule has 0 saturated carbocycles. The number of aromatic nitrogens is 4. The van der Waals surface area contributed by atoms with Crippen molar-refractivity contribution < 1.29 is 9.53 Å². The van der Waals surface area contributed by atoms with E-state index in [1.807, 2.05) is 30.5 Å². The molecule has 0 saturated heterocycles. The van der Waals surface area contributed by atoms with E-state index in [0.29, 0.717) is 29.1 Å². The Morgan fingerprint density at radius 1 is 1.05 bits per heavy atom. The minimum absolute atomic E-state index is 0.320. The van der Waals surface area contributed by atoms with Gasteiger partial charge in [-0.05, 0) is 31.2 Å². The van der Waals surface area contributed by atoms with E-state index >= 15 is 0 Å². The van der Waals surface area contributed by atoms with Crippen LogP contribution in [-0.2, 0) is 4.74 Å². The van der Waals surface area contributed by atoms with Crippen molar-refractivity contribution in [2.24, 2.45) is 0 Å². The second-order valence-corrected chi connectivity index (χ2v) is 4.81. The average molecular weight is 292 g/mol. The predicted molar refractivity (Wildman–Crippen MR) is 81.8 cm³/mol. The third kappa shape index (κ3) is 1.81. The number of carbonyl (C=O) groups excluding carboxylic acids is 1. The fourth-order valence-corrected chi connectivity index (χ4v) is 2.47. The molecule has 0 spiro atoms. The number of esters is 1. The van der Waals surface area contributed by atoms with Gasteiger partial charge in [-0.25, -0.2) is 19.7 Å². The maximum Gasteiger partial charge on any atom is 0.341 e. The highest BCUT2D eigenvalue weighted by Crippen LogP contribution is 2.20. The molecule has 4 aromatic rings. The highest BCUT2D eigenvalue weighted by atomic mass is 16.5. The van der Waals surface area contributed by atoms with Gasteiger partial charge in [0.15, 0.2) is 16.9 Å². The number of hydrogen-bond donors (Lipinski definition) is 0. The van der Waals surface area contributed by atoms with E-state index in [1.165, 1.54) is 0 Å². The van der Waals surface area contributed by atoms with E-state index in [1.54, 1.807) is 23.5 Å². The van der Waals surface area contributed by atoms with Gasteiger partial charge >= 0.3 is 5.97 Å². The lowest BCUT2D eigenvalue weighted by Crippen LogP contribution is -2.06. The highest BCUT2D eigenvalue weighted by Gasteiger charge is 2.16. The van der Waals surface area contributed by atoms with E-state index in [-0.39, 0.29) is 0 Å². The molecule has 0 aliphatic rings. The van der Waals surface area contributed by atoms with Crippen LogP contribution in [0.1, 0.15) is 17.3 Å². The Morgan fingerprint density at radius 3 is 2.59 bits per heavy atom. The number of carbonyl (C=O) groups is 1. The van der Waals surface area contributed by atoms with Crippen LogP contribution in [-0.4, -0.2) is 31.9 Å². The number of ether oxygens (including phenoxy) is 1. The summed E-state index contributed by atoms with van der Waals surface area (Å²) in [5.74, 6) is -0.395. The van der Waals surface area contributed by atoms with Crippen molar-refractivity contribution in [1.82, 2.24) is 19.4 Å². The molecule has 0 bridgehead atoms. The monoisotopic (exact) mass is 292 g/mol. The van der Waals surface area contributed by atoms with Crippen molar-refractivity contribution in [2.45, 2.75) is 6.92 Å². The van der Waals surface area contributed by atoms with Gasteiger partial charge in [-0.3, -0.25) is 4.40 Å². The van der Waals surface area contributed by atoms with E-state index in [0.717, 1.165) is 11.0 Å². The summed E-state index contributed by atoms with van der Waals surface area (Å²) in [6.45, 7) is 2.09. The van der Waals surface area contributed by atoms with Crippen LogP contribution in [0.3, 0.4) is 0 Å². The van der Waals surface area contributed by atoms with Gasteiger partial charge in [0.05, 0.1) is 17.6 Å². The minimum atomic E-state index is -0.395. The molecule has 4 rings (SSSR count). The predicted octanol–water partition coefficient (Wildman–Crippen LogP) is 2.61. The van der Waals surface area contributed by atoms with Crippen molar-refractivity contribution in [3.05, 3.63) is 48.2 Å². The van der Waals surface area contributed by atoms with Crippen LogP contribution in [0.2, 0.25) is 0 Å². The first-order chi connectivity index (χ1) is 10.8. The highest BCUT2D eigenvalue weighted by molar-refractivity contribution is 5.98. The first kappa shape index (κ1) is 12.7. The number of hydrogen-bond acceptors (Lipinski definition) is 5. The molecule has 22 heavy (non-hydrogen) atoms. The normalized spacial score (nSPS) is 11.3. The summed E-state index contributed by atoms with van der Waals surface area (Å²) in [5, 5.41) is 0. The van der Waals surface area contributed by atoms with Crippen LogP contribution in [0, 0.1) is 0 Å². The Labute approximate surface area is 125 Å². The van der Waals surface area contributed by atoms with E-state index < -0.39 is 5.97 Å². The summed E-state index contributed by atoms with van der Waals surface area (Å²) in [6, 6.07) is 11.1. The summed E-state index contributed by atoms with van der Waals surface area (Å²) in [5.41, 5.74) is 3.61. The molecule has 6 heteroatoms. The Hall–Kier alpha value is -3.02. The quantitative estimate of drug-likeness (QED) is 0.531. The lowest BCUT2D eigenvalue weighted by molar-refractivity contribution is 0.0528. The Morgan fingerprint density at radius 2 is 1.82 bits per heavy atom. The number of para-hydroxylation sites is 2. The molecule has 108 valence electrons. The molecule has 0 unspecified atom stereocenters. The third-order valence-corrected chi connectivity index (χ3v) is 3.44. The van der Waals surface area contributed by atoms with Crippen molar-refractivity contribution in [1.29, 1.82) is 0 Å². The summed E-state index contributed by atoms with van der Waals surface area (Å²) in [6.07, 6.45) is 1.82. The lowest BCUT2D eigenvalue weighted by atomic mass is 10.3. The van der Waals surface area contributed by atoms with Crippen molar-refractivity contribution in [3.63, 3.8) is 0 Å². The van der Waals surface area contributed by atoms with Gasteiger partial charge in [-0.15, -0.1) is 0 Å². The summed E-state index contributed by atoms with van der Waals surface area (Å²) < 4.78 is 6.84. The first-order valence-electron chi connectivity index (χ1n) is 6.98. The van der Waals surface area contributed by atoms with Gasteiger partial charge in [0.2, 0.25) is 0 Å². The van der Waals surface area contributed by atoms with Gasteiger partial charge in [0.25, 0.3) is 0 Å². The molecule has 0 radical (unpaired) electrons. The fraction of sp³-hybridized carbons (Fsp3) is 0.125. The molecule has 0 fully saturated rings. The summed E-state index contributed by atoms with van der Waals surface area (Å²) in [4.78, 5) is 25.6. The topological polar surface area (TPSA) is 69.4 Å². The first-order valence-corrected chi connectivity index (χ1v) is 6.98. The van der Waals surface area contributed by atoms with Crippen molar-refractivity contribution in [3.8, 4) is 0 Å². The van der Waals surface area contributed by atoms with Gasteiger partial charge in [0.1, 0.15) is 5.56 Å². The zero-order chi connectivity index (χ0) is 15.1. The van der Waals surface area contributed by atoms with E-state index in [2.05, 4.69) is 15.0 Å². The molecular formula is C16H12N4O2. The molecule has 3 aromatic heterocycles. The summed E-state index contributed by atoms with van der Waals surface area (Å²) >= 11 is 0. The maximum absolute atomic E-state index is 12.1. The van der Waals surface area contributed by atoms with Gasteiger partial charge < -0.3 is 4.74 Å². The molecule has 0 aliphatic heterocycles. The van der Waals surface area contributed by atoms with Crippen molar-refractivity contribution >= 4 is 33.9 Å². The van der Waals surface area contributed by atoms with Gasteiger partial charge in [-0.1, -0.05) is 12.1 Å². The van der Waals surface area contributed by atoms with Crippen LogP contribution < -0.4 is 0 Å². The summed E-state index contributed by atoms with van der Waals surface area (Å²) in [7, 11) is 0. The maximum atomic E-state index is 12.1. The number of benzene rings is 1. The standard InChI is InChI=1S/C16H12N4O2/c1-2-22-16(21)10-6-5-9-20-14(10)19-13-15(20)18-12-8-4-3-7-11(12)17-13/h3-9H,2H2,1H3. The molecule has 0 amide bonds. The van der Waals surface area contributed by atoms with Crippen LogP contribution in [0.4, 0.5) is 0 Å². The van der Waals surface area contributed by atoms with E-state index in [9.17, 15) is 4.79 Å². The average Bonchev–Trinajstić information content (AvgIpc) is 2.90. The smallest absolute Gasteiger partial charge is 0.341 e. The molecule has 0 N–H and O–H groups in total. The van der Waals surface area contributed by atoms with E-state index in [4.69, 9.17) is 4.74 Å². The van der Waals surface area contributed by atoms with Crippen molar-refractivity contribution in [2.75, 3.05) is 6.61 Å². The molecular weight excluding hydrogens is 280 g/mol. The number of fused-ring (bicyclic) bond motifs is 4. The number of pyridine rings is 1. The Balaban J connectivity index is 2.06. The number of nitrogens with zero attached hydrogens (tertiary/aromatic N) is 4. The second kappa shape index (κ2) is 4.77. The second-order valence-electron chi connectivity index (χ2n) is 4.81. The lowest BCUT2D eigenvalue weighted by Gasteiger charge is -2.02. The SMILES string of the molecule is CCOC(=O)c1cccn2c1nc1nc3ccccc3nc12.